The Balaban J connectivity index is 0.00000312. The molecule has 1 heterocycles. The van der Waals surface area contributed by atoms with Crippen LogP contribution in [0, 0.1) is 0 Å². The second kappa shape index (κ2) is 10.2. The van der Waals surface area contributed by atoms with Crippen LogP contribution in [0.25, 0.3) is 11.4 Å². The molecule has 0 amide bonds. The maximum Gasteiger partial charge on any atom is 0.246 e. The number of aliphatic imine (C=N–C) groups is 1. The van der Waals surface area contributed by atoms with Crippen LogP contribution in [-0.4, -0.2) is 40.7 Å². The molecule has 1 aromatic heterocycles. The zero-order valence-electron chi connectivity index (χ0n) is 14.7. The lowest BCUT2D eigenvalue weighted by Gasteiger charge is -2.23. The smallest absolute Gasteiger partial charge is 0.246 e. The molecule has 25 heavy (non-hydrogen) atoms. The number of thioether (sulfide) groups is 1. The highest BCUT2D eigenvalue weighted by Gasteiger charge is 2.16. The van der Waals surface area contributed by atoms with Crippen molar-refractivity contribution in [3.05, 3.63) is 35.2 Å². The third-order valence-corrected chi connectivity index (χ3v) is 4.90. The predicted octanol–water partition coefficient (Wildman–Crippen LogP) is 3.81. The molecule has 2 aromatic rings. The summed E-state index contributed by atoms with van der Waals surface area (Å²) in [5.74, 6) is 1.69. The van der Waals surface area contributed by atoms with Crippen molar-refractivity contribution in [1.82, 2.24) is 20.8 Å². The molecule has 0 aliphatic rings. The van der Waals surface area contributed by atoms with Crippen LogP contribution in [0.15, 0.2) is 33.8 Å². The monoisotopic (exact) mass is 495 g/mol. The number of rotatable bonds is 6. The molecule has 0 bridgehead atoms. The van der Waals surface area contributed by atoms with Crippen LogP contribution in [0.1, 0.15) is 19.7 Å². The first-order chi connectivity index (χ1) is 11.4. The van der Waals surface area contributed by atoms with Crippen molar-refractivity contribution < 1.29 is 4.52 Å². The first-order valence-electron chi connectivity index (χ1n) is 7.52. The largest absolute Gasteiger partial charge is 0.355 e. The Bertz CT molecular complexity index is 707. The Morgan fingerprint density at radius 3 is 2.76 bits per heavy atom. The Morgan fingerprint density at radius 1 is 1.36 bits per heavy atom. The summed E-state index contributed by atoms with van der Waals surface area (Å²) in [7, 11) is 1.73. The molecule has 2 rings (SSSR count). The lowest BCUT2D eigenvalue weighted by molar-refractivity contribution is 0.375. The van der Waals surface area contributed by atoms with Gasteiger partial charge in [0.05, 0.1) is 6.54 Å². The van der Waals surface area contributed by atoms with E-state index in [1.807, 2.05) is 12.1 Å². The third kappa shape index (κ3) is 7.02. The van der Waals surface area contributed by atoms with Gasteiger partial charge in [0.25, 0.3) is 0 Å². The van der Waals surface area contributed by atoms with E-state index in [1.54, 1.807) is 30.9 Å². The van der Waals surface area contributed by atoms with Crippen LogP contribution < -0.4 is 10.6 Å². The minimum atomic E-state index is 0. The van der Waals surface area contributed by atoms with E-state index < -0.39 is 0 Å². The van der Waals surface area contributed by atoms with Crippen LogP contribution in [0.3, 0.4) is 0 Å². The summed E-state index contributed by atoms with van der Waals surface area (Å²) in [5, 5.41) is 11.1. The van der Waals surface area contributed by atoms with Gasteiger partial charge in [-0.05, 0) is 32.2 Å². The van der Waals surface area contributed by atoms with E-state index in [1.165, 1.54) is 0 Å². The molecule has 0 aliphatic heterocycles. The summed E-state index contributed by atoms with van der Waals surface area (Å²) in [4.78, 5) is 8.56. The van der Waals surface area contributed by atoms with Crippen LogP contribution in [-0.2, 0) is 6.54 Å². The highest BCUT2D eigenvalue weighted by Crippen LogP contribution is 2.20. The second-order valence-corrected chi connectivity index (χ2v) is 7.72. The number of hydrogen-bond donors (Lipinski definition) is 2. The number of halogens is 2. The molecule has 0 saturated heterocycles. The van der Waals surface area contributed by atoms with E-state index in [9.17, 15) is 0 Å². The van der Waals surface area contributed by atoms with Gasteiger partial charge in [-0.3, -0.25) is 4.99 Å². The molecule has 0 saturated carbocycles. The number of nitrogens with one attached hydrogen (secondary N) is 2. The fourth-order valence-corrected chi connectivity index (χ4v) is 2.23. The van der Waals surface area contributed by atoms with E-state index in [-0.39, 0.29) is 28.7 Å². The summed E-state index contributed by atoms with van der Waals surface area (Å²) in [6, 6.07) is 7.35. The van der Waals surface area contributed by atoms with E-state index in [4.69, 9.17) is 16.1 Å². The van der Waals surface area contributed by atoms with Crippen molar-refractivity contribution in [3.8, 4) is 11.4 Å². The maximum absolute atomic E-state index is 5.98. The molecule has 0 fully saturated rings. The molecule has 0 radical (unpaired) electrons. The van der Waals surface area contributed by atoms with E-state index >= 15 is 0 Å². The van der Waals surface area contributed by atoms with E-state index in [0.29, 0.717) is 29.2 Å². The Hall–Kier alpha value is -1.000. The van der Waals surface area contributed by atoms with Gasteiger partial charge in [-0.25, -0.2) is 0 Å². The van der Waals surface area contributed by atoms with Crippen LogP contribution in [0.2, 0.25) is 5.02 Å². The normalized spacial score (nSPS) is 11.8. The van der Waals surface area contributed by atoms with Crippen molar-refractivity contribution in [2.24, 2.45) is 4.99 Å². The van der Waals surface area contributed by atoms with Gasteiger partial charge in [0.15, 0.2) is 5.96 Å². The number of nitrogens with zero attached hydrogens (tertiary/aromatic N) is 3. The summed E-state index contributed by atoms with van der Waals surface area (Å²) >= 11 is 7.78. The molecule has 0 atom stereocenters. The molecule has 1 aromatic carbocycles. The van der Waals surface area contributed by atoms with Gasteiger partial charge in [-0.2, -0.15) is 16.7 Å². The topological polar surface area (TPSA) is 75.3 Å². The molecular formula is C16H23ClIN5OS. The average molecular weight is 496 g/mol. The standard InChI is InChI=1S/C16H22ClN5OS.HI/c1-16(2,24-4)10-20-15(18-3)19-9-13-21-14(22-23-13)11-6-5-7-12(17)8-11;/h5-8H,9-10H2,1-4H3,(H2,18,19,20);1H. The lowest BCUT2D eigenvalue weighted by atomic mass is 10.2. The third-order valence-electron chi connectivity index (χ3n) is 3.42. The number of aromatic nitrogens is 2. The average Bonchev–Trinajstić information content (AvgIpc) is 3.04. The van der Waals surface area contributed by atoms with Crippen LogP contribution in [0.5, 0.6) is 0 Å². The summed E-state index contributed by atoms with van der Waals surface area (Å²) in [6.07, 6.45) is 2.09. The highest BCUT2D eigenvalue weighted by molar-refractivity contribution is 14.0. The van der Waals surface area contributed by atoms with Crippen LogP contribution in [0.4, 0.5) is 0 Å². The van der Waals surface area contributed by atoms with Gasteiger partial charge >= 0.3 is 0 Å². The van der Waals surface area contributed by atoms with Crippen molar-refractivity contribution in [2.75, 3.05) is 19.8 Å². The lowest BCUT2D eigenvalue weighted by Crippen LogP contribution is -2.43. The van der Waals surface area contributed by atoms with E-state index in [0.717, 1.165) is 12.1 Å². The van der Waals surface area contributed by atoms with Crippen molar-refractivity contribution in [2.45, 2.75) is 25.1 Å². The Kier molecular flexibility index (Phi) is 9.01. The van der Waals surface area contributed by atoms with Crippen molar-refractivity contribution >= 4 is 53.3 Å². The van der Waals surface area contributed by atoms with Gasteiger partial charge in [0.1, 0.15) is 0 Å². The molecule has 2 N–H and O–H groups in total. The molecular weight excluding hydrogens is 473 g/mol. The van der Waals surface area contributed by atoms with Crippen molar-refractivity contribution in [1.29, 1.82) is 0 Å². The molecule has 6 nitrogen and oxygen atoms in total. The molecule has 0 aliphatic carbocycles. The van der Waals surface area contributed by atoms with Gasteiger partial charge in [-0.1, -0.05) is 28.9 Å². The molecule has 138 valence electrons. The second-order valence-electron chi connectivity index (χ2n) is 5.77. The van der Waals surface area contributed by atoms with Gasteiger partial charge in [-0.15, -0.1) is 24.0 Å². The van der Waals surface area contributed by atoms with E-state index in [2.05, 4.69) is 45.9 Å². The van der Waals surface area contributed by atoms with Crippen molar-refractivity contribution in [3.63, 3.8) is 0 Å². The summed E-state index contributed by atoms with van der Waals surface area (Å²) in [6.45, 7) is 5.54. The maximum atomic E-state index is 5.98. The summed E-state index contributed by atoms with van der Waals surface area (Å²) < 4.78 is 5.39. The van der Waals surface area contributed by atoms with Gasteiger partial charge in [0.2, 0.25) is 11.7 Å². The molecule has 9 heteroatoms. The zero-order valence-corrected chi connectivity index (χ0v) is 18.6. The summed E-state index contributed by atoms with van der Waals surface area (Å²) in [5.41, 5.74) is 0.821. The fraction of sp³-hybridized carbons (Fsp3) is 0.438. The quantitative estimate of drug-likeness (QED) is 0.361. The molecule has 0 spiro atoms. The minimum Gasteiger partial charge on any atom is -0.355 e. The van der Waals surface area contributed by atoms with Crippen LogP contribution >= 0.6 is 47.3 Å². The fourth-order valence-electron chi connectivity index (χ4n) is 1.82. The highest BCUT2D eigenvalue weighted by atomic mass is 127. The molecule has 0 unspecified atom stereocenters. The Morgan fingerprint density at radius 2 is 2.12 bits per heavy atom. The minimum absolute atomic E-state index is 0. The van der Waals surface area contributed by atoms with Gasteiger partial charge < -0.3 is 15.2 Å². The number of hydrogen-bond acceptors (Lipinski definition) is 5. The van der Waals surface area contributed by atoms with Gasteiger partial charge in [0, 0.05) is 28.9 Å². The first kappa shape index (κ1) is 22.0. The Labute approximate surface area is 174 Å². The number of guanidine groups is 1. The number of benzene rings is 1. The predicted molar refractivity (Wildman–Crippen MR) is 116 cm³/mol. The SMILES string of the molecule is CN=C(NCc1nc(-c2cccc(Cl)c2)no1)NCC(C)(C)SC.I. The zero-order chi connectivity index (χ0) is 17.6. The first-order valence-corrected chi connectivity index (χ1v) is 9.12.